The van der Waals surface area contributed by atoms with Gasteiger partial charge < -0.3 is 15.2 Å². The molecule has 1 aliphatic rings. The molecule has 31 heavy (non-hydrogen) atoms. The summed E-state index contributed by atoms with van der Waals surface area (Å²) in [5.41, 5.74) is 6.29. The summed E-state index contributed by atoms with van der Waals surface area (Å²) in [6.45, 7) is 9.48. The normalized spacial score (nSPS) is 15.6. The van der Waals surface area contributed by atoms with Crippen LogP contribution < -0.4 is 5.32 Å². The van der Waals surface area contributed by atoms with Gasteiger partial charge in [-0.25, -0.2) is 0 Å². The summed E-state index contributed by atoms with van der Waals surface area (Å²) in [6.07, 6.45) is 6.88. The van der Waals surface area contributed by atoms with Crippen LogP contribution in [0.2, 0.25) is 0 Å². The monoisotopic (exact) mass is 417 g/mol. The number of H-pyrrole nitrogens is 1. The highest BCUT2D eigenvalue weighted by Crippen LogP contribution is 2.30. The number of hydrogen-bond acceptors (Lipinski definition) is 2. The number of carbonyl (C=O) groups is 1. The lowest BCUT2D eigenvalue weighted by molar-refractivity contribution is -0.118. The number of nitrogens with one attached hydrogen (secondary N) is 2. The Hall–Kier alpha value is -2.59. The highest BCUT2D eigenvalue weighted by molar-refractivity contribution is 5.92. The molecule has 0 atom stereocenters. The Balaban J connectivity index is 1.26. The Morgan fingerprint density at radius 3 is 2.74 bits per heavy atom. The Labute approximate surface area is 186 Å². The standard InChI is InChI=1S/C27H35N3O/c1-19(2)27(31)29-24-8-4-6-22(17-24)21-11-14-30(15-12-21)13-5-7-23-18-28-26-10-9-20(3)16-25(23)26/h4,6,8-10,16-19,21,28H,5,7,11-15H2,1-3H3,(H,29,31). The zero-order valence-electron chi connectivity index (χ0n) is 19.1. The molecule has 1 fully saturated rings. The van der Waals surface area contributed by atoms with Crippen LogP contribution in [0.4, 0.5) is 5.69 Å². The van der Waals surface area contributed by atoms with Gasteiger partial charge in [-0.15, -0.1) is 0 Å². The van der Waals surface area contributed by atoms with Crippen molar-refractivity contribution in [3.8, 4) is 0 Å². The van der Waals surface area contributed by atoms with E-state index in [2.05, 4.69) is 64.7 Å². The van der Waals surface area contributed by atoms with Crippen molar-refractivity contribution < 1.29 is 4.79 Å². The van der Waals surface area contributed by atoms with E-state index in [-0.39, 0.29) is 11.8 Å². The third-order valence-corrected chi connectivity index (χ3v) is 6.58. The number of nitrogens with zero attached hydrogens (tertiary/aromatic N) is 1. The first-order chi connectivity index (χ1) is 15.0. The molecule has 0 bridgehead atoms. The molecular weight excluding hydrogens is 382 g/mol. The van der Waals surface area contributed by atoms with Gasteiger partial charge in [0.05, 0.1) is 0 Å². The summed E-state index contributed by atoms with van der Waals surface area (Å²) in [5, 5.41) is 4.41. The van der Waals surface area contributed by atoms with Gasteiger partial charge in [-0.2, -0.15) is 0 Å². The van der Waals surface area contributed by atoms with E-state index in [4.69, 9.17) is 0 Å². The number of rotatable bonds is 7. The second-order valence-electron chi connectivity index (χ2n) is 9.35. The molecule has 1 amide bonds. The van der Waals surface area contributed by atoms with E-state index in [0.29, 0.717) is 5.92 Å². The van der Waals surface area contributed by atoms with Crippen molar-refractivity contribution in [2.24, 2.45) is 5.92 Å². The summed E-state index contributed by atoms with van der Waals surface area (Å²) in [5.74, 6) is 0.668. The van der Waals surface area contributed by atoms with Gasteiger partial charge in [0.1, 0.15) is 0 Å². The van der Waals surface area contributed by atoms with Gasteiger partial charge in [0.15, 0.2) is 0 Å². The molecule has 1 saturated heterocycles. The van der Waals surface area contributed by atoms with E-state index in [1.54, 1.807) is 0 Å². The van der Waals surface area contributed by atoms with Crippen molar-refractivity contribution in [3.63, 3.8) is 0 Å². The van der Waals surface area contributed by atoms with Crippen LogP contribution in [0.15, 0.2) is 48.7 Å². The molecule has 0 spiro atoms. The molecule has 0 aliphatic carbocycles. The second-order valence-corrected chi connectivity index (χ2v) is 9.35. The zero-order valence-corrected chi connectivity index (χ0v) is 19.1. The number of aromatic nitrogens is 1. The highest BCUT2D eigenvalue weighted by Gasteiger charge is 2.21. The predicted molar refractivity (Wildman–Crippen MR) is 130 cm³/mol. The molecule has 2 aromatic carbocycles. The van der Waals surface area contributed by atoms with Crippen LogP contribution in [0.25, 0.3) is 10.9 Å². The smallest absolute Gasteiger partial charge is 0.226 e. The first-order valence-electron chi connectivity index (χ1n) is 11.7. The lowest BCUT2D eigenvalue weighted by Crippen LogP contribution is -2.33. The zero-order chi connectivity index (χ0) is 21.8. The second kappa shape index (κ2) is 9.69. The average Bonchev–Trinajstić information content (AvgIpc) is 3.16. The number of benzene rings is 2. The fraction of sp³-hybridized carbons (Fsp3) is 0.444. The fourth-order valence-electron chi connectivity index (χ4n) is 4.64. The minimum atomic E-state index is 0.000162. The van der Waals surface area contributed by atoms with E-state index in [0.717, 1.165) is 31.7 Å². The van der Waals surface area contributed by atoms with E-state index in [1.165, 1.54) is 46.9 Å². The van der Waals surface area contributed by atoms with Gasteiger partial charge in [-0.05, 0) is 93.6 Å². The van der Waals surface area contributed by atoms with Crippen LogP contribution in [0.3, 0.4) is 0 Å². The van der Waals surface area contributed by atoms with Gasteiger partial charge in [0.2, 0.25) is 5.91 Å². The van der Waals surface area contributed by atoms with Crippen molar-refractivity contribution >= 4 is 22.5 Å². The van der Waals surface area contributed by atoms with Gasteiger partial charge in [-0.1, -0.05) is 37.6 Å². The number of piperidine rings is 1. The van der Waals surface area contributed by atoms with E-state index in [1.807, 2.05) is 19.9 Å². The SMILES string of the molecule is Cc1ccc2[nH]cc(CCCN3CCC(c4cccc(NC(=O)C(C)C)c4)CC3)c2c1. The molecule has 0 unspecified atom stereocenters. The van der Waals surface area contributed by atoms with E-state index in [9.17, 15) is 4.79 Å². The summed E-state index contributed by atoms with van der Waals surface area (Å²) in [6, 6.07) is 15.1. The molecular formula is C27H35N3O. The largest absolute Gasteiger partial charge is 0.361 e. The molecule has 1 aromatic heterocycles. The number of hydrogen-bond donors (Lipinski definition) is 2. The highest BCUT2D eigenvalue weighted by atomic mass is 16.1. The Morgan fingerprint density at radius 1 is 1.16 bits per heavy atom. The Kier molecular flexibility index (Phi) is 6.77. The van der Waals surface area contributed by atoms with Crippen LogP contribution in [-0.2, 0) is 11.2 Å². The summed E-state index contributed by atoms with van der Waals surface area (Å²) < 4.78 is 0. The van der Waals surface area contributed by atoms with Crippen LogP contribution in [0.5, 0.6) is 0 Å². The Bertz CT molecular complexity index is 1030. The number of anilines is 1. The number of fused-ring (bicyclic) bond motifs is 1. The lowest BCUT2D eigenvalue weighted by atomic mass is 9.89. The van der Waals surface area contributed by atoms with Gasteiger partial charge in [0, 0.05) is 28.7 Å². The average molecular weight is 418 g/mol. The number of aromatic amines is 1. The van der Waals surface area contributed by atoms with Crippen molar-refractivity contribution in [1.29, 1.82) is 0 Å². The first kappa shape index (κ1) is 21.6. The predicted octanol–water partition coefficient (Wildman–Crippen LogP) is 5.88. The molecule has 3 aromatic rings. The van der Waals surface area contributed by atoms with Crippen molar-refractivity contribution in [2.75, 3.05) is 25.0 Å². The summed E-state index contributed by atoms with van der Waals surface area (Å²) in [7, 11) is 0. The van der Waals surface area contributed by atoms with Crippen molar-refractivity contribution in [3.05, 3.63) is 65.4 Å². The van der Waals surface area contributed by atoms with Crippen molar-refractivity contribution in [1.82, 2.24) is 9.88 Å². The topological polar surface area (TPSA) is 48.1 Å². The maximum Gasteiger partial charge on any atom is 0.226 e. The molecule has 0 radical (unpaired) electrons. The summed E-state index contributed by atoms with van der Waals surface area (Å²) in [4.78, 5) is 18.0. The fourth-order valence-corrected chi connectivity index (χ4v) is 4.64. The number of carbonyl (C=O) groups excluding carboxylic acids is 1. The molecule has 1 aliphatic heterocycles. The van der Waals surface area contributed by atoms with E-state index < -0.39 is 0 Å². The minimum Gasteiger partial charge on any atom is -0.361 e. The third-order valence-electron chi connectivity index (χ3n) is 6.58. The third kappa shape index (κ3) is 5.37. The first-order valence-corrected chi connectivity index (χ1v) is 11.7. The minimum absolute atomic E-state index is 0.000162. The maximum absolute atomic E-state index is 12.0. The van der Waals surface area contributed by atoms with Crippen LogP contribution in [-0.4, -0.2) is 35.4 Å². The quantitative estimate of drug-likeness (QED) is 0.504. The van der Waals surface area contributed by atoms with E-state index >= 15 is 0 Å². The lowest BCUT2D eigenvalue weighted by Gasteiger charge is -2.32. The molecule has 4 rings (SSSR count). The van der Waals surface area contributed by atoms with Gasteiger partial charge in [-0.3, -0.25) is 4.79 Å². The van der Waals surface area contributed by atoms with Gasteiger partial charge in [0.25, 0.3) is 0 Å². The Morgan fingerprint density at radius 2 is 1.97 bits per heavy atom. The van der Waals surface area contributed by atoms with Gasteiger partial charge >= 0.3 is 0 Å². The summed E-state index contributed by atoms with van der Waals surface area (Å²) >= 11 is 0. The molecule has 0 saturated carbocycles. The van der Waals surface area contributed by atoms with Crippen molar-refractivity contribution in [2.45, 2.75) is 52.4 Å². The number of amides is 1. The molecule has 164 valence electrons. The van der Waals surface area contributed by atoms with Crippen LogP contribution in [0.1, 0.15) is 55.7 Å². The molecule has 4 heteroatoms. The van der Waals surface area contributed by atoms with Crippen LogP contribution in [0, 0.1) is 12.8 Å². The maximum atomic E-state index is 12.0. The van der Waals surface area contributed by atoms with Crippen LogP contribution >= 0.6 is 0 Å². The molecule has 2 heterocycles. The molecule has 2 N–H and O–H groups in total. The number of aryl methyl sites for hydroxylation is 2. The number of likely N-dealkylation sites (tertiary alicyclic amines) is 1. The molecule has 4 nitrogen and oxygen atoms in total.